The summed E-state index contributed by atoms with van der Waals surface area (Å²) < 4.78 is 26.4. The van der Waals surface area contributed by atoms with E-state index >= 15 is 0 Å². The van der Waals surface area contributed by atoms with E-state index < -0.39 is 12.5 Å². The molecule has 4 heteroatoms. The molecule has 0 aliphatic carbocycles. The molecule has 0 bridgehead atoms. The molecule has 2 nitrogen and oxygen atoms in total. The molecule has 0 fully saturated rings. The average Bonchev–Trinajstić information content (AvgIpc) is 2.16. The second kappa shape index (κ2) is 4.11. The van der Waals surface area contributed by atoms with Gasteiger partial charge in [0.1, 0.15) is 6.54 Å². The molecule has 0 saturated carbocycles. The van der Waals surface area contributed by atoms with Crippen molar-refractivity contribution in [1.29, 1.82) is 0 Å². The zero-order valence-electron chi connectivity index (χ0n) is 7.63. The molecule has 74 valence electrons. The highest BCUT2D eigenvalue weighted by Gasteiger charge is 2.30. The van der Waals surface area contributed by atoms with Gasteiger partial charge in [-0.2, -0.15) is 13.8 Å². The maximum absolute atomic E-state index is 13.2. The molecule has 0 aliphatic heterocycles. The smallest absolute Gasteiger partial charge is 0.211 e. The Bertz CT molecular complexity index is 353. The molecule has 0 atom stereocenters. The monoisotopic (exact) mass is 197 g/mol. The average molecular weight is 197 g/mol. The lowest BCUT2D eigenvalue weighted by atomic mass is 10.1. The van der Waals surface area contributed by atoms with Gasteiger partial charge in [0.15, 0.2) is 0 Å². The van der Waals surface area contributed by atoms with E-state index in [2.05, 4.69) is 4.99 Å². The SMILES string of the molecule is Cc1ccc(C(F)(F)CN=C=O)cc1. The maximum Gasteiger partial charge on any atom is 0.293 e. The summed E-state index contributed by atoms with van der Waals surface area (Å²) >= 11 is 0. The summed E-state index contributed by atoms with van der Waals surface area (Å²) in [5.74, 6) is -3.09. The summed E-state index contributed by atoms with van der Waals surface area (Å²) in [7, 11) is 0. The number of aliphatic imine (C=N–C) groups is 1. The third kappa shape index (κ3) is 2.47. The Balaban J connectivity index is 2.91. The number of nitrogens with zero attached hydrogens (tertiary/aromatic N) is 1. The first kappa shape index (κ1) is 10.5. The van der Waals surface area contributed by atoms with Gasteiger partial charge in [-0.15, -0.1) is 0 Å². The van der Waals surface area contributed by atoms with Crippen LogP contribution in [0.2, 0.25) is 0 Å². The summed E-state index contributed by atoms with van der Waals surface area (Å²) in [6, 6.07) is 5.84. The molecule has 1 aromatic rings. The van der Waals surface area contributed by atoms with Gasteiger partial charge in [-0.05, 0) is 6.92 Å². The molecule has 0 aromatic heterocycles. The molecular weight excluding hydrogens is 188 g/mol. The fraction of sp³-hybridized carbons (Fsp3) is 0.300. The lowest BCUT2D eigenvalue weighted by molar-refractivity contribution is 0.00654. The van der Waals surface area contributed by atoms with Crippen LogP contribution in [-0.4, -0.2) is 12.6 Å². The fourth-order valence-corrected chi connectivity index (χ4v) is 1.02. The molecule has 0 unspecified atom stereocenters. The minimum atomic E-state index is -3.09. The minimum absolute atomic E-state index is 0.137. The van der Waals surface area contributed by atoms with Crippen LogP contribution >= 0.6 is 0 Å². The molecule has 0 heterocycles. The van der Waals surface area contributed by atoms with E-state index in [1.54, 1.807) is 12.1 Å². The topological polar surface area (TPSA) is 29.4 Å². The second-order valence-electron chi connectivity index (χ2n) is 2.98. The Morgan fingerprint density at radius 1 is 1.36 bits per heavy atom. The largest absolute Gasteiger partial charge is 0.293 e. The summed E-state index contributed by atoms with van der Waals surface area (Å²) in [5, 5.41) is 0. The van der Waals surface area contributed by atoms with E-state index in [0.29, 0.717) is 0 Å². The van der Waals surface area contributed by atoms with Crippen molar-refractivity contribution in [3.05, 3.63) is 35.4 Å². The number of hydrogen-bond donors (Lipinski definition) is 0. The molecule has 0 N–H and O–H groups in total. The summed E-state index contributed by atoms with van der Waals surface area (Å²) in [4.78, 5) is 12.6. The Kier molecular flexibility index (Phi) is 3.10. The molecule has 0 radical (unpaired) electrons. The summed E-state index contributed by atoms with van der Waals surface area (Å²) in [5.41, 5.74) is 0.769. The molecule has 1 rings (SSSR count). The van der Waals surface area contributed by atoms with Crippen LogP contribution in [0.3, 0.4) is 0 Å². The van der Waals surface area contributed by atoms with E-state index in [9.17, 15) is 13.6 Å². The molecule has 0 spiro atoms. The van der Waals surface area contributed by atoms with Gasteiger partial charge in [0.25, 0.3) is 5.92 Å². The van der Waals surface area contributed by atoms with E-state index in [-0.39, 0.29) is 5.56 Å². The Hall–Kier alpha value is -1.54. The lowest BCUT2D eigenvalue weighted by Gasteiger charge is -2.13. The van der Waals surface area contributed by atoms with Crippen molar-refractivity contribution in [1.82, 2.24) is 0 Å². The standard InChI is InChI=1S/C10H9F2NO/c1-8-2-4-9(5-3-8)10(11,12)6-13-7-14/h2-5H,6H2,1H3. The van der Waals surface area contributed by atoms with Gasteiger partial charge in [0.05, 0.1) is 0 Å². The van der Waals surface area contributed by atoms with Crippen molar-refractivity contribution in [2.45, 2.75) is 12.8 Å². The number of halogens is 2. The number of rotatable bonds is 3. The van der Waals surface area contributed by atoms with Gasteiger partial charge in [-0.3, -0.25) is 0 Å². The highest BCUT2D eigenvalue weighted by Crippen LogP contribution is 2.28. The van der Waals surface area contributed by atoms with Crippen LogP contribution in [0.25, 0.3) is 0 Å². The number of aryl methyl sites for hydroxylation is 1. The second-order valence-corrected chi connectivity index (χ2v) is 2.98. The third-order valence-electron chi connectivity index (χ3n) is 1.82. The quantitative estimate of drug-likeness (QED) is 0.540. The summed E-state index contributed by atoms with van der Waals surface area (Å²) in [6.07, 6.45) is 1.10. The molecule has 0 saturated heterocycles. The van der Waals surface area contributed by atoms with E-state index in [1.807, 2.05) is 6.92 Å². The lowest BCUT2D eigenvalue weighted by Crippen LogP contribution is -2.17. The van der Waals surface area contributed by atoms with E-state index in [0.717, 1.165) is 11.6 Å². The van der Waals surface area contributed by atoms with Gasteiger partial charge in [0.2, 0.25) is 6.08 Å². The van der Waals surface area contributed by atoms with Crippen LogP contribution in [0, 0.1) is 6.92 Å². The zero-order chi connectivity index (χ0) is 10.6. The van der Waals surface area contributed by atoms with Crippen molar-refractivity contribution in [2.75, 3.05) is 6.54 Å². The molecule has 14 heavy (non-hydrogen) atoms. The number of benzene rings is 1. The Morgan fingerprint density at radius 2 is 1.93 bits per heavy atom. The first-order valence-electron chi connectivity index (χ1n) is 4.05. The van der Waals surface area contributed by atoms with Gasteiger partial charge in [-0.1, -0.05) is 29.8 Å². The van der Waals surface area contributed by atoms with Gasteiger partial charge < -0.3 is 0 Å². The number of isocyanates is 1. The van der Waals surface area contributed by atoms with Gasteiger partial charge in [-0.25, -0.2) is 4.79 Å². The first-order valence-corrected chi connectivity index (χ1v) is 4.05. The van der Waals surface area contributed by atoms with Crippen LogP contribution in [0.15, 0.2) is 29.3 Å². The normalized spacial score (nSPS) is 10.8. The highest BCUT2D eigenvalue weighted by molar-refractivity contribution is 5.34. The van der Waals surface area contributed by atoms with E-state index in [1.165, 1.54) is 12.1 Å². The van der Waals surface area contributed by atoms with Crippen LogP contribution < -0.4 is 0 Å². The molecule has 0 aliphatic rings. The predicted octanol–water partition coefficient (Wildman–Crippen LogP) is 2.42. The van der Waals surface area contributed by atoms with Crippen LogP contribution in [0.4, 0.5) is 8.78 Å². The molecule has 1 aromatic carbocycles. The van der Waals surface area contributed by atoms with Crippen molar-refractivity contribution < 1.29 is 13.6 Å². The van der Waals surface area contributed by atoms with Crippen LogP contribution in [0.5, 0.6) is 0 Å². The van der Waals surface area contributed by atoms with Gasteiger partial charge >= 0.3 is 0 Å². The summed E-state index contributed by atoms with van der Waals surface area (Å²) in [6.45, 7) is 0.963. The Labute approximate surface area is 80.3 Å². The van der Waals surface area contributed by atoms with Crippen LogP contribution in [-0.2, 0) is 10.7 Å². The fourth-order valence-electron chi connectivity index (χ4n) is 1.02. The zero-order valence-corrected chi connectivity index (χ0v) is 7.63. The minimum Gasteiger partial charge on any atom is -0.211 e. The number of alkyl halides is 2. The molecule has 0 amide bonds. The van der Waals surface area contributed by atoms with Crippen LogP contribution in [0.1, 0.15) is 11.1 Å². The first-order chi connectivity index (χ1) is 6.56. The number of hydrogen-bond acceptors (Lipinski definition) is 2. The van der Waals surface area contributed by atoms with Crippen molar-refractivity contribution >= 4 is 6.08 Å². The Morgan fingerprint density at radius 3 is 2.43 bits per heavy atom. The third-order valence-corrected chi connectivity index (χ3v) is 1.82. The molecular formula is C10H9F2NO. The van der Waals surface area contributed by atoms with Crippen molar-refractivity contribution in [3.8, 4) is 0 Å². The van der Waals surface area contributed by atoms with Crippen molar-refractivity contribution in [2.24, 2.45) is 4.99 Å². The predicted molar refractivity (Wildman–Crippen MR) is 48.1 cm³/mol. The number of carbonyl (C=O) groups excluding carboxylic acids is 1. The van der Waals surface area contributed by atoms with Gasteiger partial charge in [0, 0.05) is 5.56 Å². The maximum atomic E-state index is 13.2. The van der Waals surface area contributed by atoms with Crippen molar-refractivity contribution in [3.63, 3.8) is 0 Å². The highest BCUT2D eigenvalue weighted by atomic mass is 19.3. The van der Waals surface area contributed by atoms with E-state index in [4.69, 9.17) is 0 Å².